The molecule has 3 rings (SSSR count). The zero-order valence-electron chi connectivity index (χ0n) is 13.3. The van der Waals surface area contributed by atoms with Crippen molar-refractivity contribution in [2.75, 3.05) is 25.0 Å². The number of aliphatic imine (C=N–C) groups is 1. The Bertz CT molecular complexity index is 720. The first-order valence-electron chi connectivity index (χ1n) is 7.71. The van der Waals surface area contributed by atoms with Crippen LogP contribution in [0.15, 0.2) is 39.2 Å². The minimum absolute atomic E-state index is 0.215. The van der Waals surface area contributed by atoms with Crippen molar-refractivity contribution in [2.45, 2.75) is 19.0 Å². The van der Waals surface area contributed by atoms with Crippen molar-refractivity contribution in [2.24, 2.45) is 4.99 Å². The van der Waals surface area contributed by atoms with Crippen molar-refractivity contribution in [3.63, 3.8) is 0 Å². The number of anilines is 1. The number of hydrogen-bond donors (Lipinski definition) is 2. The second-order valence-corrected chi connectivity index (χ2v) is 7.45. The Morgan fingerprint density at radius 2 is 2.46 bits per heavy atom. The van der Waals surface area contributed by atoms with E-state index in [0.717, 1.165) is 29.9 Å². The molecule has 0 amide bonds. The summed E-state index contributed by atoms with van der Waals surface area (Å²) in [5.74, 6) is 0.907. The van der Waals surface area contributed by atoms with Crippen LogP contribution in [0.3, 0.4) is 0 Å². The van der Waals surface area contributed by atoms with Gasteiger partial charge in [-0.1, -0.05) is 0 Å². The molecule has 5 nitrogen and oxygen atoms in total. The highest BCUT2D eigenvalue weighted by atomic mass is 79.9. The second-order valence-electron chi connectivity index (χ2n) is 5.54. The van der Waals surface area contributed by atoms with Gasteiger partial charge in [-0.3, -0.25) is 4.99 Å². The molecule has 0 aliphatic carbocycles. The van der Waals surface area contributed by atoms with E-state index in [0.29, 0.717) is 12.4 Å². The Morgan fingerprint density at radius 3 is 3.17 bits per heavy atom. The maximum atomic E-state index is 13.8. The predicted octanol–water partition coefficient (Wildman–Crippen LogP) is 2.99. The van der Waals surface area contributed by atoms with Gasteiger partial charge in [0.15, 0.2) is 17.6 Å². The molecule has 0 spiro atoms. The number of pyridine rings is 1. The number of halogens is 2. The molecular weight excluding hydrogens is 393 g/mol. The van der Waals surface area contributed by atoms with Gasteiger partial charge in [0.05, 0.1) is 6.54 Å². The van der Waals surface area contributed by atoms with E-state index < -0.39 is 0 Å². The Kier molecular flexibility index (Phi) is 5.68. The lowest BCUT2D eigenvalue weighted by Crippen LogP contribution is -2.44. The number of guanidine groups is 1. The van der Waals surface area contributed by atoms with Gasteiger partial charge < -0.3 is 15.5 Å². The zero-order valence-corrected chi connectivity index (χ0v) is 15.7. The minimum atomic E-state index is -0.274. The molecule has 128 valence electrons. The monoisotopic (exact) mass is 411 g/mol. The van der Waals surface area contributed by atoms with Gasteiger partial charge in [-0.15, -0.1) is 11.3 Å². The standard InChI is InChI=1S/C16H19BrFN5S/c1-19-16(21-8-13-7-11(17)10-24-13)22-12-4-6-23(9-12)15-14(18)3-2-5-20-15/h2-3,5,7,10,12H,4,6,8-9H2,1H3,(H2,19,21,22). The molecule has 1 fully saturated rings. The van der Waals surface area contributed by atoms with Gasteiger partial charge in [0.2, 0.25) is 0 Å². The van der Waals surface area contributed by atoms with Crippen LogP contribution in [0, 0.1) is 5.82 Å². The maximum absolute atomic E-state index is 13.8. The molecule has 1 aliphatic rings. The molecule has 1 saturated heterocycles. The highest BCUT2D eigenvalue weighted by Crippen LogP contribution is 2.21. The summed E-state index contributed by atoms with van der Waals surface area (Å²) in [5.41, 5.74) is 0. The molecular formula is C16H19BrFN5S. The Morgan fingerprint density at radius 1 is 1.58 bits per heavy atom. The number of hydrogen-bond acceptors (Lipinski definition) is 4. The van der Waals surface area contributed by atoms with E-state index in [1.54, 1.807) is 30.6 Å². The molecule has 8 heteroatoms. The summed E-state index contributed by atoms with van der Waals surface area (Å²) in [6, 6.07) is 5.36. The molecule has 0 radical (unpaired) electrons. The third kappa shape index (κ3) is 4.24. The molecule has 3 heterocycles. The Balaban J connectivity index is 1.53. The zero-order chi connectivity index (χ0) is 16.9. The SMILES string of the molecule is CN=C(NCc1cc(Br)cs1)NC1CCN(c2ncccc2F)C1. The largest absolute Gasteiger partial charge is 0.352 e. The first-order valence-corrected chi connectivity index (χ1v) is 9.38. The molecule has 0 aromatic carbocycles. The molecule has 2 N–H and O–H groups in total. The number of aromatic nitrogens is 1. The molecule has 0 saturated carbocycles. The molecule has 2 aromatic rings. The average molecular weight is 412 g/mol. The molecule has 24 heavy (non-hydrogen) atoms. The minimum Gasteiger partial charge on any atom is -0.352 e. The van der Waals surface area contributed by atoms with Gasteiger partial charge in [0.1, 0.15) is 0 Å². The molecule has 1 atom stereocenters. The summed E-state index contributed by atoms with van der Waals surface area (Å²) in [6.07, 6.45) is 2.54. The van der Waals surface area contributed by atoms with Gasteiger partial charge in [0.25, 0.3) is 0 Å². The molecule has 1 aliphatic heterocycles. The van der Waals surface area contributed by atoms with Crippen LogP contribution >= 0.6 is 27.3 Å². The van der Waals surface area contributed by atoms with Gasteiger partial charge in [-0.25, -0.2) is 9.37 Å². The quantitative estimate of drug-likeness (QED) is 0.599. The fourth-order valence-electron chi connectivity index (χ4n) is 2.69. The van der Waals surface area contributed by atoms with Crippen molar-refractivity contribution in [1.29, 1.82) is 0 Å². The second kappa shape index (κ2) is 7.94. The van der Waals surface area contributed by atoms with Crippen LogP contribution < -0.4 is 15.5 Å². The number of nitrogens with zero attached hydrogens (tertiary/aromatic N) is 3. The van der Waals surface area contributed by atoms with Crippen molar-refractivity contribution >= 4 is 39.0 Å². The lowest BCUT2D eigenvalue weighted by Gasteiger charge is -2.19. The summed E-state index contributed by atoms with van der Waals surface area (Å²) in [6.45, 7) is 2.21. The van der Waals surface area contributed by atoms with Crippen molar-refractivity contribution in [3.8, 4) is 0 Å². The summed E-state index contributed by atoms with van der Waals surface area (Å²) in [5, 5.41) is 8.77. The fraction of sp³-hybridized carbons (Fsp3) is 0.375. The number of nitrogens with one attached hydrogen (secondary N) is 2. The summed E-state index contributed by atoms with van der Waals surface area (Å²) in [7, 11) is 1.75. The van der Waals surface area contributed by atoms with Crippen molar-refractivity contribution in [1.82, 2.24) is 15.6 Å². The Labute approximate surface area is 153 Å². The van der Waals surface area contributed by atoms with Crippen molar-refractivity contribution in [3.05, 3.63) is 44.9 Å². The molecule has 2 aromatic heterocycles. The highest BCUT2D eigenvalue weighted by molar-refractivity contribution is 9.10. The van der Waals surface area contributed by atoms with Gasteiger partial charge in [0, 0.05) is 47.1 Å². The van der Waals surface area contributed by atoms with E-state index in [2.05, 4.69) is 48.0 Å². The summed E-state index contributed by atoms with van der Waals surface area (Å²) < 4.78 is 14.9. The first kappa shape index (κ1) is 17.2. The average Bonchev–Trinajstić information content (AvgIpc) is 3.21. The van der Waals surface area contributed by atoms with E-state index in [4.69, 9.17) is 0 Å². The third-order valence-electron chi connectivity index (χ3n) is 3.84. The number of thiophene rings is 1. The van der Waals surface area contributed by atoms with Crippen LogP contribution in [0.2, 0.25) is 0 Å². The van der Waals surface area contributed by atoms with Gasteiger partial charge in [-0.05, 0) is 40.5 Å². The Hall–Kier alpha value is -1.67. The fourth-order valence-corrected chi connectivity index (χ4v) is 4.08. The van der Waals surface area contributed by atoms with Crippen LogP contribution in [-0.4, -0.2) is 37.1 Å². The lowest BCUT2D eigenvalue weighted by atomic mass is 10.3. The van der Waals surface area contributed by atoms with Gasteiger partial charge in [-0.2, -0.15) is 0 Å². The summed E-state index contributed by atoms with van der Waals surface area (Å²) >= 11 is 5.15. The van der Waals surface area contributed by atoms with Gasteiger partial charge >= 0.3 is 0 Å². The smallest absolute Gasteiger partial charge is 0.191 e. The van der Waals surface area contributed by atoms with E-state index in [9.17, 15) is 4.39 Å². The van der Waals surface area contributed by atoms with E-state index in [1.807, 2.05) is 4.90 Å². The van der Waals surface area contributed by atoms with Crippen LogP contribution in [0.25, 0.3) is 0 Å². The van der Waals surface area contributed by atoms with Crippen LogP contribution in [0.5, 0.6) is 0 Å². The van der Waals surface area contributed by atoms with Crippen molar-refractivity contribution < 1.29 is 4.39 Å². The number of rotatable bonds is 4. The lowest BCUT2D eigenvalue weighted by molar-refractivity contribution is 0.612. The maximum Gasteiger partial charge on any atom is 0.191 e. The van der Waals surface area contributed by atoms with Crippen LogP contribution in [-0.2, 0) is 6.54 Å². The van der Waals surface area contributed by atoms with Crippen LogP contribution in [0.4, 0.5) is 10.2 Å². The topological polar surface area (TPSA) is 52.6 Å². The predicted molar refractivity (Wildman–Crippen MR) is 100 cm³/mol. The van der Waals surface area contributed by atoms with E-state index >= 15 is 0 Å². The first-order chi connectivity index (χ1) is 11.7. The normalized spacial score (nSPS) is 18.0. The van der Waals surface area contributed by atoms with E-state index in [1.165, 1.54) is 10.9 Å². The van der Waals surface area contributed by atoms with Crippen LogP contribution in [0.1, 0.15) is 11.3 Å². The highest BCUT2D eigenvalue weighted by Gasteiger charge is 2.25. The van der Waals surface area contributed by atoms with E-state index in [-0.39, 0.29) is 11.9 Å². The molecule has 1 unspecified atom stereocenters. The molecule has 0 bridgehead atoms. The summed E-state index contributed by atoms with van der Waals surface area (Å²) in [4.78, 5) is 11.6. The third-order valence-corrected chi connectivity index (χ3v) is 5.54.